The summed E-state index contributed by atoms with van der Waals surface area (Å²) >= 11 is 0. The number of alkyl halides is 3. The topological polar surface area (TPSA) is 47.3 Å². The summed E-state index contributed by atoms with van der Waals surface area (Å²) in [5.74, 6) is 0.935. The number of furan rings is 1. The van der Waals surface area contributed by atoms with E-state index in [2.05, 4.69) is 10.3 Å². The summed E-state index contributed by atoms with van der Waals surface area (Å²) in [5.41, 5.74) is -0.788. The molecule has 108 valence electrons. The number of pyridine rings is 1. The van der Waals surface area contributed by atoms with Crippen LogP contribution in [0.1, 0.15) is 17.4 Å². The molecule has 2 rings (SSSR count). The Hall–Kier alpha value is -2.02. The Morgan fingerprint density at radius 3 is 2.65 bits per heavy atom. The SMILES string of the molecule is COCC(Nc1ccc(C(F)(F)F)cn1)c1ccco1. The molecular weight excluding hydrogens is 273 g/mol. The molecule has 0 radical (unpaired) electrons. The van der Waals surface area contributed by atoms with Gasteiger partial charge < -0.3 is 14.5 Å². The van der Waals surface area contributed by atoms with E-state index < -0.39 is 11.7 Å². The monoisotopic (exact) mass is 286 g/mol. The van der Waals surface area contributed by atoms with Crippen molar-refractivity contribution in [2.45, 2.75) is 12.2 Å². The molecule has 4 nitrogen and oxygen atoms in total. The van der Waals surface area contributed by atoms with Crippen LogP contribution in [-0.4, -0.2) is 18.7 Å². The molecule has 0 saturated heterocycles. The van der Waals surface area contributed by atoms with Crippen LogP contribution in [0.15, 0.2) is 41.1 Å². The van der Waals surface area contributed by atoms with Gasteiger partial charge in [-0.25, -0.2) is 4.98 Å². The molecule has 0 aliphatic rings. The first-order chi connectivity index (χ1) is 9.50. The zero-order chi connectivity index (χ0) is 14.6. The maximum absolute atomic E-state index is 12.4. The van der Waals surface area contributed by atoms with Crippen molar-refractivity contribution < 1.29 is 22.3 Å². The Morgan fingerprint density at radius 2 is 2.15 bits per heavy atom. The second kappa shape index (κ2) is 5.96. The molecule has 0 fully saturated rings. The molecule has 0 spiro atoms. The standard InChI is InChI=1S/C13H13F3N2O2/c1-19-8-10(11-3-2-6-20-11)18-12-5-4-9(7-17-12)13(14,15)16/h2-7,10H,8H2,1H3,(H,17,18). The van der Waals surface area contributed by atoms with Crippen LogP contribution in [0, 0.1) is 0 Å². The van der Waals surface area contributed by atoms with Crippen molar-refractivity contribution in [3.63, 3.8) is 0 Å². The minimum absolute atomic E-state index is 0.302. The van der Waals surface area contributed by atoms with Gasteiger partial charge in [-0.2, -0.15) is 13.2 Å². The zero-order valence-electron chi connectivity index (χ0n) is 10.6. The second-order valence-electron chi connectivity index (χ2n) is 4.10. The molecule has 0 amide bonds. The molecule has 1 N–H and O–H groups in total. The molecular formula is C13H13F3N2O2. The summed E-state index contributed by atoms with van der Waals surface area (Å²) in [7, 11) is 1.53. The number of methoxy groups -OCH3 is 1. The summed E-state index contributed by atoms with van der Waals surface area (Å²) in [4.78, 5) is 3.75. The van der Waals surface area contributed by atoms with Crippen LogP contribution >= 0.6 is 0 Å². The normalized spacial score (nSPS) is 13.2. The highest BCUT2D eigenvalue weighted by atomic mass is 19.4. The molecule has 0 aromatic carbocycles. The van der Waals surface area contributed by atoms with Crippen molar-refractivity contribution in [2.75, 3.05) is 19.0 Å². The molecule has 0 aliphatic carbocycles. The molecule has 20 heavy (non-hydrogen) atoms. The van der Waals surface area contributed by atoms with Crippen LogP contribution in [0.4, 0.5) is 19.0 Å². The van der Waals surface area contributed by atoms with E-state index in [4.69, 9.17) is 9.15 Å². The summed E-state index contributed by atoms with van der Waals surface area (Å²) in [6, 6.07) is 5.40. The highest BCUT2D eigenvalue weighted by molar-refractivity contribution is 5.38. The van der Waals surface area contributed by atoms with E-state index in [1.54, 1.807) is 12.1 Å². The molecule has 1 atom stereocenters. The Morgan fingerprint density at radius 1 is 1.35 bits per heavy atom. The maximum atomic E-state index is 12.4. The van der Waals surface area contributed by atoms with Gasteiger partial charge in [0.15, 0.2) is 0 Å². The van der Waals surface area contributed by atoms with Crippen LogP contribution in [0.3, 0.4) is 0 Å². The average Bonchev–Trinajstić information content (AvgIpc) is 2.91. The number of nitrogens with one attached hydrogen (secondary N) is 1. The van der Waals surface area contributed by atoms with E-state index in [-0.39, 0.29) is 6.04 Å². The lowest BCUT2D eigenvalue weighted by Crippen LogP contribution is -2.16. The lowest BCUT2D eigenvalue weighted by atomic mass is 10.2. The summed E-state index contributed by atoms with van der Waals surface area (Å²) in [6.45, 7) is 0.302. The van der Waals surface area contributed by atoms with Crippen LogP contribution in [0.2, 0.25) is 0 Å². The Bertz CT molecular complexity index is 524. The van der Waals surface area contributed by atoms with E-state index in [1.165, 1.54) is 19.4 Å². The Balaban J connectivity index is 2.11. The highest BCUT2D eigenvalue weighted by Gasteiger charge is 2.30. The highest BCUT2D eigenvalue weighted by Crippen LogP contribution is 2.29. The number of ether oxygens (including phenoxy) is 1. The first-order valence-corrected chi connectivity index (χ1v) is 5.83. The molecule has 2 aromatic rings. The fraction of sp³-hybridized carbons (Fsp3) is 0.308. The molecule has 0 saturated carbocycles. The predicted molar refractivity (Wildman–Crippen MR) is 66.2 cm³/mol. The zero-order valence-corrected chi connectivity index (χ0v) is 10.6. The van der Waals surface area contributed by atoms with Gasteiger partial charge in [0.2, 0.25) is 0 Å². The third kappa shape index (κ3) is 3.51. The number of anilines is 1. The summed E-state index contributed by atoms with van der Waals surface area (Å²) in [5, 5.41) is 2.96. The van der Waals surface area contributed by atoms with E-state index in [9.17, 15) is 13.2 Å². The summed E-state index contributed by atoms with van der Waals surface area (Å²) in [6.07, 6.45) is -2.09. The Labute approximate surface area is 113 Å². The molecule has 2 heterocycles. The number of aromatic nitrogens is 1. The van der Waals surface area contributed by atoms with Crippen molar-refractivity contribution in [3.8, 4) is 0 Å². The lowest BCUT2D eigenvalue weighted by molar-refractivity contribution is -0.137. The number of hydrogen-bond acceptors (Lipinski definition) is 4. The number of nitrogens with zero attached hydrogens (tertiary/aromatic N) is 1. The van der Waals surface area contributed by atoms with Gasteiger partial charge in [0, 0.05) is 13.3 Å². The van der Waals surface area contributed by atoms with Crippen LogP contribution in [0.25, 0.3) is 0 Å². The fourth-order valence-electron chi connectivity index (χ4n) is 1.68. The third-order valence-electron chi connectivity index (χ3n) is 2.63. The van der Waals surface area contributed by atoms with E-state index in [0.717, 1.165) is 12.3 Å². The van der Waals surface area contributed by atoms with Gasteiger partial charge in [0.05, 0.1) is 18.4 Å². The van der Waals surface area contributed by atoms with Crippen molar-refractivity contribution in [3.05, 3.63) is 48.0 Å². The molecule has 2 aromatic heterocycles. The Kier molecular flexibility index (Phi) is 4.29. The van der Waals surface area contributed by atoms with Crippen molar-refractivity contribution in [2.24, 2.45) is 0 Å². The molecule has 0 bridgehead atoms. The third-order valence-corrected chi connectivity index (χ3v) is 2.63. The predicted octanol–water partition coefficient (Wildman–Crippen LogP) is 3.49. The molecule has 1 unspecified atom stereocenters. The van der Waals surface area contributed by atoms with Gasteiger partial charge in [-0.15, -0.1) is 0 Å². The van der Waals surface area contributed by atoms with Crippen LogP contribution < -0.4 is 5.32 Å². The quantitative estimate of drug-likeness (QED) is 0.914. The van der Waals surface area contributed by atoms with Gasteiger partial charge in [-0.1, -0.05) is 0 Å². The number of rotatable bonds is 5. The van der Waals surface area contributed by atoms with E-state index in [0.29, 0.717) is 18.2 Å². The average molecular weight is 286 g/mol. The molecule has 0 aliphatic heterocycles. The van der Waals surface area contributed by atoms with E-state index >= 15 is 0 Å². The minimum Gasteiger partial charge on any atom is -0.467 e. The van der Waals surface area contributed by atoms with Crippen molar-refractivity contribution in [1.29, 1.82) is 0 Å². The molecule has 7 heteroatoms. The van der Waals surface area contributed by atoms with Gasteiger partial charge in [-0.3, -0.25) is 0 Å². The smallest absolute Gasteiger partial charge is 0.417 e. The van der Waals surface area contributed by atoms with Gasteiger partial charge in [-0.05, 0) is 24.3 Å². The van der Waals surface area contributed by atoms with Gasteiger partial charge >= 0.3 is 6.18 Å². The maximum Gasteiger partial charge on any atom is 0.417 e. The second-order valence-corrected chi connectivity index (χ2v) is 4.10. The first-order valence-electron chi connectivity index (χ1n) is 5.83. The lowest BCUT2D eigenvalue weighted by Gasteiger charge is -2.16. The first kappa shape index (κ1) is 14.4. The van der Waals surface area contributed by atoms with Crippen molar-refractivity contribution >= 4 is 5.82 Å². The van der Waals surface area contributed by atoms with Crippen molar-refractivity contribution in [1.82, 2.24) is 4.98 Å². The van der Waals surface area contributed by atoms with Gasteiger partial charge in [0.1, 0.15) is 17.6 Å². The van der Waals surface area contributed by atoms with Crippen LogP contribution in [-0.2, 0) is 10.9 Å². The minimum atomic E-state index is -4.39. The fourth-order valence-corrected chi connectivity index (χ4v) is 1.68. The largest absolute Gasteiger partial charge is 0.467 e. The summed E-state index contributed by atoms with van der Waals surface area (Å²) < 4.78 is 47.6. The number of halogens is 3. The van der Waals surface area contributed by atoms with E-state index in [1.807, 2.05) is 0 Å². The number of hydrogen-bond donors (Lipinski definition) is 1. The van der Waals surface area contributed by atoms with Crippen LogP contribution in [0.5, 0.6) is 0 Å². The van der Waals surface area contributed by atoms with Gasteiger partial charge in [0.25, 0.3) is 0 Å².